The van der Waals surface area contributed by atoms with Crippen molar-refractivity contribution in [1.29, 1.82) is 0 Å². The van der Waals surface area contributed by atoms with E-state index >= 15 is 0 Å². The van der Waals surface area contributed by atoms with Gasteiger partial charge >= 0.3 is 0 Å². The summed E-state index contributed by atoms with van der Waals surface area (Å²) in [6.07, 6.45) is 0.764. The number of fused-ring (bicyclic) bond motifs is 3. The third-order valence-electron chi connectivity index (χ3n) is 3.65. The summed E-state index contributed by atoms with van der Waals surface area (Å²) in [6.45, 7) is 7.43. The third kappa shape index (κ3) is 2.03. The number of ether oxygens (including phenoxy) is 1. The first-order valence-corrected chi connectivity index (χ1v) is 7.63. The van der Waals surface area contributed by atoms with Gasteiger partial charge < -0.3 is 10.1 Å². The van der Waals surface area contributed by atoms with Crippen molar-refractivity contribution < 1.29 is 4.74 Å². The summed E-state index contributed by atoms with van der Waals surface area (Å²) in [6, 6.07) is 0. The summed E-state index contributed by atoms with van der Waals surface area (Å²) in [4.78, 5) is 19.2. The van der Waals surface area contributed by atoms with Crippen LogP contribution in [0.3, 0.4) is 0 Å². The fourth-order valence-electron chi connectivity index (χ4n) is 2.59. The Morgan fingerprint density at radius 1 is 1.50 bits per heavy atom. The Kier molecular flexibility index (Phi) is 3.10. The van der Waals surface area contributed by atoms with E-state index in [-0.39, 0.29) is 11.2 Å². The zero-order chi connectivity index (χ0) is 14.5. The van der Waals surface area contributed by atoms with Crippen molar-refractivity contribution in [2.45, 2.75) is 39.4 Å². The minimum Gasteiger partial charge on any atom is -0.370 e. The fraction of sp³-hybridized carbons (Fsp3) is 0.571. The fourth-order valence-corrected chi connectivity index (χ4v) is 3.68. The summed E-state index contributed by atoms with van der Waals surface area (Å²) < 4.78 is 7.43. The second kappa shape index (κ2) is 4.56. The summed E-state index contributed by atoms with van der Waals surface area (Å²) >= 11 is 1.57. The highest BCUT2D eigenvalue weighted by Crippen LogP contribution is 2.37. The first kappa shape index (κ1) is 13.6. The molecule has 0 saturated carbocycles. The van der Waals surface area contributed by atoms with Gasteiger partial charge in [-0.05, 0) is 26.3 Å². The van der Waals surface area contributed by atoms with Gasteiger partial charge in [-0.2, -0.15) is 0 Å². The van der Waals surface area contributed by atoms with Gasteiger partial charge in [-0.25, -0.2) is 4.98 Å². The van der Waals surface area contributed by atoms with E-state index in [4.69, 9.17) is 4.74 Å². The highest BCUT2D eigenvalue weighted by molar-refractivity contribution is 7.18. The monoisotopic (exact) mass is 293 g/mol. The zero-order valence-corrected chi connectivity index (χ0v) is 13.1. The standard InChI is InChI=1S/C14H19N3O2S/c1-5-15-13-16-11-10(12(18)17(13)4)8-6-14(2,3)19-7-9(8)20-11/h5-7H2,1-4H3,(H,15,16). The van der Waals surface area contributed by atoms with Crippen molar-refractivity contribution in [2.24, 2.45) is 7.05 Å². The Bertz CT molecular complexity index is 730. The van der Waals surface area contributed by atoms with Gasteiger partial charge in [-0.3, -0.25) is 9.36 Å². The molecule has 0 fully saturated rings. The summed E-state index contributed by atoms with van der Waals surface area (Å²) in [5.41, 5.74) is 0.936. The van der Waals surface area contributed by atoms with Crippen molar-refractivity contribution in [3.8, 4) is 0 Å². The summed E-state index contributed by atoms with van der Waals surface area (Å²) in [7, 11) is 1.77. The van der Waals surface area contributed by atoms with Gasteiger partial charge in [0.2, 0.25) is 5.95 Å². The minimum atomic E-state index is -0.216. The van der Waals surface area contributed by atoms with Crippen LogP contribution in [-0.4, -0.2) is 21.7 Å². The molecular weight excluding hydrogens is 274 g/mol. The maximum Gasteiger partial charge on any atom is 0.263 e. The highest BCUT2D eigenvalue weighted by Gasteiger charge is 2.30. The zero-order valence-electron chi connectivity index (χ0n) is 12.2. The first-order chi connectivity index (χ1) is 9.43. The molecule has 0 bridgehead atoms. The van der Waals surface area contributed by atoms with Gasteiger partial charge in [0, 0.05) is 24.9 Å². The molecule has 0 radical (unpaired) electrons. The number of nitrogens with zero attached hydrogens (tertiary/aromatic N) is 2. The van der Waals surface area contributed by atoms with Crippen LogP contribution >= 0.6 is 11.3 Å². The molecule has 2 aromatic rings. The Morgan fingerprint density at radius 3 is 2.95 bits per heavy atom. The maximum absolute atomic E-state index is 12.6. The molecule has 0 atom stereocenters. The van der Waals surface area contributed by atoms with Crippen molar-refractivity contribution >= 4 is 27.5 Å². The van der Waals surface area contributed by atoms with Crippen molar-refractivity contribution in [3.05, 3.63) is 20.8 Å². The lowest BCUT2D eigenvalue weighted by Gasteiger charge is -2.29. The van der Waals surface area contributed by atoms with Crippen LogP contribution in [0.1, 0.15) is 31.2 Å². The van der Waals surface area contributed by atoms with E-state index in [2.05, 4.69) is 24.1 Å². The Balaban J connectivity index is 2.26. The molecule has 0 aromatic carbocycles. The second-order valence-electron chi connectivity index (χ2n) is 5.74. The van der Waals surface area contributed by atoms with Crippen LogP contribution in [0.2, 0.25) is 0 Å². The van der Waals surface area contributed by atoms with Crippen LogP contribution in [0.25, 0.3) is 10.2 Å². The third-order valence-corrected chi connectivity index (χ3v) is 4.75. The molecule has 6 heteroatoms. The lowest BCUT2D eigenvalue weighted by Crippen LogP contribution is -2.32. The molecule has 1 aliphatic rings. The van der Waals surface area contributed by atoms with Gasteiger partial charge in [-0.1, -0.05) is 0 Å². The maximum atomic E-state index is 12.6. The molecule has 0 spiro atoms. The van der Waals surface area contributed by atoms with Crippen LogP contribution in [0.5, 0.6) is 0 Å². The molecule has 2 aromatic heterocycles. The number of hydrogen-bond acceptors (Lipinski definition) is 5. The number of hydrogen-bond donors (Lipinski definition) is 1. The molecule has 0 amide bonds. The summed E-state index contributed by atoms with van der Waals surface area (Å²) in [5, 5.41) is 3.90. The highest BCUT2D eigenvalue weighted by atomic mass is 32.1. The molecule has 0 aliphatic carbocycles. The van der Waals surface area contributed by atoms with Gasteiger partial charge in [0.15, 0.2) is 0 Å². The lowest BCUT2D eigenvalue weighted by molar-refractivity contribution is -0.0379. The largest absolute Gasteiger partial charge is 0.370 e. The average Bonchev–Trinajstić information content (AvgIpc) is 2.72. The quantitative estimate of drug-likeness (QED) is 0.923. The SMILES string of the molecule is CCNc1nc2sc3c(c2c(=O)n1C)CC(C)(C)OC3. The molecule has 3 rings (SSSR count). The van der Waals surface area contributed by atoms with E-state index in [1.54, 1.807) is 23.0 Å². The molecule has 20 heavy (non-hydrogen) atoms. The second-order valence-corrected chi connectivity index (χ2v) is 6.82. The van der Waals surface area contributed by atoms with Gasteiger partial charge in [0.1, 0.15) is 4.83 Å². The van der Waals surface area contributed by atoms with Crippen molar-refractivity contribution in [1.82, 2.24) is 9.55 Å². The van der Waals surface area contributed by atoms with Gasteiger partial charge in [0.05, 0.1) is 17.6 Å². The van der Waals surface area contributed by atoms with Crippen LogP contribution in [0.15, 0.2) is 4.79 Å². The van der Waals surface area contributed by atoms with Crippen LogP contribution in [0.4, 0.5) is 5.95 Å². The molecule has 3 heterocycles. The smallest absolute Gasteiger partial charge is 0.263 e. The predicted molar refractivity (Wildman–Crippen MR) is 81.6 cm³/mol. The molecular formula is C14H19N3O2S. The molecule has 0 saturated heterocycles. The number of nitrogens with one attached hydrogen (secondary N) is 1. The minimum absolute atomic E-state index is 0.0288. The van der Waals surface area contributed by atoms with Gasteiger partial charge in [0.25, 0.3) is 5.56 Å². The summed E-state index contributed by atoms with van der Waals surface area (Å²) in [5.74, 6) is 0.628. The Labute approximate surface area is 121 Å². The number of anilines is 1. The van der Waals surface area contributed by atoms with E-state index in [1.165, 1.54) is 0 Å². The van der Waals surface area contributed by atoms with Crippen LogP contribution in [-0.2, 0) is 24.8 Å². The van der Waals surface area contributed by atoms with E-state index < -0.39 is 0 Å². The van der Waals surface area contributed by atoms with E-state index in [0.717, 1.165) is 33.6 Å². The molecule has 108 valence electrons. The van der Waals surface area contributed by atoms with Gasteiger partial charge in [-0.15, -0.1) is 11.3 Å². The van der Waals surface area contributed by atoms with Crippen molar-refractivity contribution in [3.63, 3.8) is 0 Å². The van der Waals surface area contributed by atoms with E-state index in [0.29, 0.717) is 12.6 Å². The topological polar surface area (TPSA) is 56.2 Å². The normalized spacial score (nSPS) is 17.2. The lowest BCUT2D eigenvalue weighted by atomic mass is 9.94. The van der Waals surface area contributed by atoms with Crippen LogP contribution in [0, 0.1) is 0 Å². The van der Waals surface area contributed by atoms with E-state index in [9.17, 15) is 4.79 Å². The Hall–Kier alpha value is -1.40. The molecule has 0 unspecified atom stereocenters. The Morgan fingerprint density at radius 2 is 2.25 bits per heavy atom. The van der Waals surface area contributed by atoms with Crippen molar-refractivity contribution in [2.75, 3.05) is 11.9 Å². The number of aromatic nitrogens is 2. The molecule has 5 nitrogen and oxygen atoms in total. The van der Waals surface area contributed by atoms with Crippen LogP contribution < -0.4 is 10.9 Å². The number of rotatable bonds is 2. The predicted octanol–water partition coefficient (Wildman–Crippen LogP) is 2.28. The molecule has 1 aliphatic heterocycles. The average molecular weight is 293 g/mol. The first-order valence-electron chi connectivity index (χ1n) is 6.82. The van der Waals surface area contributed by atoms with E-state index in [1.807, 2.05) is 6.92 Å². The molecule has 1 N–H and O–H groups in total. The number of thiophene rings is 1.